The minimum absolute atomic E-state index is 0.768. The van der Waals surface area contributed by atoms with Crippen molar-refractivity contribution >= 4 is 29.4 Å². The van der Waals surface area contributed by atoms with Crippen LogP contribution in [0, 0.1) is 0 Å². The molecule has 2 heterocycles. The van der Waals surface area contributed by atoms with Crippen molar-refractivity contribution in [1.82, 2.24) is 9.97 Å². The summed E-state index contributed by atoms with van der Waals surface area (Å²) in [5, 5.41) is 5.14. The molecular weight excluding hydrogens is 681 g/mol. The van der Waals surface area contributed by atoms with Crippen LogP contribution >= 0.6 is 0 Å². The average molecular weight is 719 g/mol. The molecule has 0 radical (unpaired) electrons. The molecule has 0 amide bonds. The fraction of sp³-hybridized carbons (Fsp3) is 0.0385. The maximum absolute atomic E-state index is 5.54. The Morgan fingerprint density at radius 1 is 0.345 bits per heavy atom. The van der Waals surface area contributed by atoms with E-state index in [4.69, 9.17) is 9.97 Å². The number of nitrogens with zero attached hydrogens (tertiary/aromatic N) is 2. The van der Waals surface area contributed by atoms with Crippen LogP contribution in [0.4, 0.5) is 0 Å². The molecule has 0 saturated carbocycles. The van der Waals surface area contributed by atoms with Crippen LogP contribution in [0.3, 0.4) is 0 Å². The molecule has 2 nitrogen and oxygen atoms in total. The Morgan fingerprint density at radius 3 is 1.29 bits per heavy atom. The monoisotopic (exact) mass is 718 g/mol. The number of aromatic nitrogens is 2. The van der Waals surface area contributed by atoms with Gasteiger partial charge in [-0.3, -0.25) is 0 Å². The molecule has 0 aliphatic carbocycles. The normalized spacial score (nSPS) is 12.7. The Labute approximate surface area is 323 Å². The van der Waals surface area contributed by atoms with Crippen LogP contribution in [-0.4, -0.2) is 18.0 Å². The summed E-state index contributed by atoms with van der Waals surface area (Å²) in [6.45, 7) is 4.90. The summed E-state index contributed by atoms with van der Waals surface area (Å²) in [6, 6.07) is 70.0. The third-order valence-corrected chi connectivity index (χ3v) is 14.5. The zero-order valence-corrected chi connectivity index (χ0v) is 31.9. The van der Waals surface area contributed by atoms with Gasteiger partial charge in [-0.25, -0.2) is 9.97 Å². The Kier molecular flexibility index (Phi) is 7.97. The summed E-state index contributed by atoms with van der Waals surface area (Å²) in [7, 11) is -2.22. The van der Waals surface area contributed by atoms with Crippen LogP contribution in [0.15, 0.2) is 194 Å². The second-order valence-electron chi connectivity index (χ2n) is 15.0. The van der Waals surface area contributed by atoms with Gasteiger partial charge in [-0.1, -0.05) is 177 Å². The molecule has 1 aliphatic rings. The summed E-state index contributed by atoms with van der Waals surface area (Å²) >= 11 is 0. The number of fused-ring (bicyclic) bond motifs is 4. The predicted molar refractivity (Wildman–Crippen MR) is 234 cm³/mol. The molecule has 3 heteroatoms. The molecule has 0 unspecified atom stereocenters. The van der Waals surface area contributed by atoms with Gasteiger partial charge >= 0.3 is 0 Å². The molecule has 0 atom stereocenters. The van der Waals surface area contributed by atoms with Gasteiger partial charge in [-0.05, 0) is 96.4 Å². The lowest BCUT2D eigenvalue weighted by Gasteiger charge is -2.19. The second kappa shape index (κ2) is 13.3. The van der Waals surface area contributed by atoms with Crippen LogP contribution in [-0.2, 0) is 0 Å². The molecule has 8 aromatic carbocycles. The summed E-state index contributed by atoms with van der Waals surface area (Å²) in [4.78, 5) is 11.1. The highest BCUT2D eigenvalue weighted by molar-refractivity contribution is 7.03. The largest absolute Gasteiger partial charge is 0.237 e. The van der Waals surface area contributed by atoms with Crippen molar-refractivity contribution < 1.29 is 0 Å². The zero-order chi connectivity index (χ0) is 36.9. The van der Waals surface area contributed by atoms with Crippen molar-refractivity contribution in [1.29, 1.82) is 0 Å². The van der Waals surface area contributed by atoms with E-state index in [-0.39, 0.29) is 0 Å². The second-order valence-corrected chi connectivity index (χ2v) is 19.3. The highest BCUT2D eigenvalue weighted by atomic mass is 28.3. The first kappa shape index (κ1) is 32.9. The van der Waals surface area contributed by atoms with Gasteiger partial charge in [0.25, 0.3) is 0 Å². The maximum atomic E-state index is 5.54. The SMILES string of the molecule is C[Si]1(C)c2cc3ccccc3cc2-c2c(-c3cccc(-c4cccc(-c5ccccc5)c4)c3)nc(-c3cccc(-c4cccc(-c5ccccc5)c4)c3)nc21. The average Bonchev–Trinajstić information content (AvgIpc) is 3.48. The van der Waals surface area contributed by atoms with E-state index in [1.807, 2.05) is 0 Å². The van der Waals surface area contributed by atoms with Gasteiger partial charge in [-0.2, -0.15) is 0 Å². The minimum Gasteiger partial charge on any atom is -0.237 e. The molecular formula is C52H38N2Si. The van der Waals surface area contributed by atoms with Crippen LogP contribution in [0.1, 0.15) is 0 Å². The van der Waals surface area contributed by atoms with E-state index >= 15 is 0 Å². The van der Waals surface area contributed by atoms with Crippen LogP contribution < -0.4 is 10.5 Å². The Bertz CT molecular complexity index is 2890. The van der Waals surface area contributed by atoms with Crippen molar-refractivity contribution in [2.75, 3.05) is 0 Å². The van der Waals surface area contributed by atoms with Gasteiger partial charge in [0.1, 0.15) is 8.07 Å². The third-order valence-electron chi connectivity index (χ3n) is 11.2. The van der Waals surface area contributed by atoms with Gasteiger partial charge in [0, 0.05) is 22.0 Å². The Morgan fingerprint density at radius 2 is 0.745 bits per heavy atom. The van der Waals surface area contributed by atoms with E-state index in [1.165, 1.54) is 65.8 Å². The van der Waals surface area contributed by atoms with E-state index in [9.17, 15) is 0 Å². The molecule has 0 fully saturated rings. The number of hydrogen-bond acceptors (Lipinski definition) is 2. The Balaban J connectivity index is 1.15. The van der Waals surface area contributed by atoms with E-state index in [2.05, 4.69) is 207 Å². The summed E-state index contributed by atoms with van der Waals surface area (Å²) < 4.78 is 0. The Hall–Kier alpha value is -6.68. The van der Waals surface area contributed by atoms with Gasteiger partial charge < -0.3 is 0 Å². The molecule has 1 aliphatic heterocycles. The lowest BCUT2D eigenvalue weighted by atomic mass is 9.94. The van der Waals surface area contributed by atoms with E-state index in [0.29, 0.717) is 0 Å². The zero-order valence-electron chi connectivity index (χ0n) is 30.9. The lowest BCUT2D eigenvalue weighted by molar-refractivity contribution is 1.21. The first-order valence-corrected chi connectivity index (χ1v) is 22.0. The smallest absolute Gasteiger partial charge is 0.159 e. The molecule has 9 aromatic rings. The first-order chi connectivity index (χ1) is 27.0. The van der Waals surface area contributed by atoms with Crippen molar-refractivity contribution in [3.8, 4) is 78.3 Å². The quantitative estimate of drug-likeness (QED) is 0.160. The number of hydrogen-bond donors (Lipinski definition) is 0. The van der Waals surface area contributed by atoms with Gasteiger partial charge in [0.15, 0.2) is 5.82 Å². The van der Waals surface area contributed by atoms with Crippen molar-refractivity contribution in [2.45, 2.75) is 13.1 Å². The summed E-state index contributed by atoms with van der Waals surface area (Å²) in [5.74, 6) is 0.768. The molecule has 10 rings (SSSR count). The third kappa shape index (κ3) is 5.90. The van der Waals surface area contributed by atoms with Crippen LogP contribution in [0.2, 0.25) is 13.1 Å². The van der Waals surface area contributed by atoms with Crippen molar-refractivity contribution in [3.63, 3.8) is 0 Å². The van der Waals surface area contributed by atoms with Crippen molar-refractivity contribution in [3.05, 3.63) is 194 Å². The maximum Gasteiger partial charge on any atom is 0.159 e. The highest BCUT2D eigenvalue weighted by Crippen LogP contribution is 2.40. The molecule has 1 aromatic heterocycles. The molecule has 0 N–H and O–H groups in total. The van der Waals surface area contributed by atoms with Crippen LogP contribution in [0.5, 0.6) is 0 Å². The standard InChI is InChI=1S/C52H38N2Si/c1-55(2)48-34-44-20-10-9-19-43(44)33-47(48)49-50(45-27-13-25-41(31-45)39-23-11-21-37(29-39)35-15-5-3-6-16-35)53-51(54-52(49)55)46-28-14-26-42(32-46)40-24-12-22-38(30-40)36-17-7-4-8-18-36/h3-34H,1-2H3. The van der Waals surface area contributed by atoms with Crippen molar-refractivity contribution in [2.24, 2.45) is 0 Å². The summed E-state index contributed by atoms with van der Waals surface area (Å²) in [6.07, 6.45) is 0. The van der Waals surface area contributed by atoms with Gasteiger partial charge in [0.2, 0.25) is 0 Å². The van der Waals surface area contributed by atoms with E-state index < -0.39 is 8.07 Å². The molecule has 260 valence electrons. The molecule has 0 spiro atoms. The molecule has 55 heavy (non-hydrogen) atoms. The first-order valence-electron chi connectivity index (χ1n) is 19.0. The fourth-order valence-corrected chi connectivity index (χ4v) is 11.2. The molecule has 0 saturated heterocycles. The van der Waals surface area contributed by atoms with Gasteiger partial charge in [-0.15, -0.1) is 0 Å². The number of benzene rings is 8. The predicted octanol–water partition coefficient (Wildman–Crippen LogP) is 12.4. The van der Waals surface area contributed by atoms with Crippen LogP contribution in [0.25, 0.3) is 89.1 Å². The summed E-state index contributed by atoms with van der Waals surface area (Å²) in [5.41, 5.74) is 15.1. The highest BCUT2D eigenvalue weighted by Gasteiger charge is 2.42. The minimum atomic E-state index is -2.22. The fourth-order valence-electron chi connectivity index (χ4n) is 8.30. The topological polar surface area (TPSA) is 25.8 Å². The number of rotatable bonds is 6. The lowest BCUT2D eigenvalue weighted by Crippen LogP contribution is -2.51. The molecule has 0 bridgehead atoms. The van der Waals surface area contributed by atoms with Gasteiger partial charge in [0.05, 0.1) is 5.69 Å². The van der Waals surface area contributed by atoms with E-state index in [1.54, 1.807) is 0 Å². The van der Waals surface area contributed by atoms with E-state index in [0.717, 1.165) is 33.8 Å².